The Hall–Kier alpha value is -0.510. The summed E-state index contributed by atoms with van der Waals surface area (Å²) in [6.45, 7) is 5.01. The second-order valence-electron chi connectivity index (χ2n) is 5.32. The number of nitrogens with one attached hydrogen (secondary N) is 1. The number of fused-ring (bicyclic) bond motifs is 1. The first-order valence-electron chi connectivity index (χ1n) is 7.33. The quantitative estimate of drug-likeness (QED) is 0.837. The number of hydrogen-bond acceptors (Lipinski definition) is 3. The second kappa shape index (κ2) is 7.32. The summed E-state index contributed by atoms with van der Waals surface area (Å²) >= 11 is 1.97. The molecule has 0 fully saturated rings. The molecule has 0 aromatic heterocycles. The highest BCUT2D eigenvalue weighted by Gasteiger charge is 2.22. The third-order valence-electron chi connectivity index (χ3n) is 4.14. The first kappa shape index (κ1) is 14.9. The molecule has 1 aliphatic heterocycles. The van der Waals surface area contributed by atoms with Crippen LogP contribution in [0.4, 0.5) is 0 Å². The maximum atomic E-state index is 10.2. The Morgan fingerprint density at radius 1 is 1.32 bits per heavy atom. The van der Waals surface area contributed by atoms with Gasteiger partial charge in [0.05, 0.1) is 6.10 Å². The van der Waals surface area contributed by atoms with E-state index in [4.69, 9.17) is 0 Å². The lowest BCUT2D eigenvalue weighted by atomic mass is 9.95. The summed E-state index contributed by atoms with van der Waals surface area (Å²) in [5, 5.41) is 13.8. The van der Waals surface area contributed by atoms with Crippen LogP contribution in [0.25, 0.3) is 0 Å². The molecule has 0 amide bonds. The first-order chi connectivity index (χ1) is 9.26. The van der Waals surface area contributed by atoms with Crippen LogP contribution < -0.4 is 5.32 Å². The molecule has 1 aromatic carbocycles. The van der Waals surface area contributed by atoms with Gasteiger partial charge in [0.2, 0.25) is 0 Å². The fraction of sp³-hybridized carbons (Fsp3) is 0.625. The fourth-order valence-electron chi connectivity index (χ4n) is 2.81. The van der Waals surface area contributed by atoms with E-state index in [-0.39, 0.29) is 6.10 Å². The van der Waals surface area contributed by atoms with Gasteiger partial charge in [-0.3, -0.25) is 0 Å². The predicted octanol–water partition coefficient (Wildman–Crippen LogP) is 3.36. The highest BCUT2D eigenvalue weighted by molar-refractivity contribution is 7.98. The van der Waals surface area contributed by atoms with Gasteiger partial charge in [0.25, 0.3) is 0 Å². The summed E-state index contributed by atoms with van der Waals surface area (Å²) in [5.74, 6) is 2.63. The van der Waals surface area contributed by atoms with Crippen molar-refractivity contribution in [1.82, 2.24) is 5.32 Å². The molecular weight excluding hydrogens is 254 g/mol. The Morgan fingerprint density at radius 3 is 2.79 bits per heavy atom. The molecule has 2 unspecified atom stereocenters. The third kappa shape index (κ3) is 3.74. The largest absolute Gasteiger partial charge is 0.392 e. The van der Waals surface area contributed by atoms with Gasteiger partial charge in [-0.25, -0.2) is 0 Å². The monoisotopic (exact) mass is 279 g/mol. The maximum absolute atomic E-state index is 10.2. The maximum Gasteiger partial charge on any atom is 0.0692 e. The lowest BCUT2D eigenvalue weighted by molar-refractivity contribution is 0.0990. The molecule has 1 heterocycles. The summed E-state index contributed by atoms with van der Waals surface area (Å²) in [5.41, 5.74) is 2.85. The van der Waals surface area contributed by atoms with Crippen LogP contribution in [-0.2, 0) is 5.75 Å². The minimum atomic E-state index is -0.228. The summed E-state index contributed by atoms with van der Waals surface area (Å²) < 4.78 is 0. The van der Waals surface area contributed by atoms with Crippen molar-refractivity contribution in [3.05, 3.63) is 35.4 Å². The van der Waals surface area contributed by atoms with Crippen LogP contribution in [0.3, 0.4) is 0 Å². The average Bonchev–Trinajstić information content (AvgIpc) is 2.46. The number of rotatable bonds is 6. The molecule has 0 saturated carbocycles. The minimum Gasteiger partial charge on any atom is -0.392 e. The van der Waals surface area contributed by atoms with E-state index in [1.54, 1.807) is 0 Å². The SMILES string of the molecule is CCC(CC)C(O)CNC1CSCc2ccccc21. The van der Waals surface area contributed by atoms with Gasteiger partial charge in [0, 0.05) is 24.1 Å². The van der Waals surface area contributed by atoms with Crippen LogP contribution >= 0.6 is 11.8 Å². The van der Waals surface area contributed by atoms with Crippen LogP contribution in [0, 0.1) is 5.92 Å². The van der Waals surface area contributed by atoms with E-state index in [0.717, 1.165) is 24.3 Å². The molecule has 19 heavy (non-hydrogen) atoms. The summed E-state index contributed by atoms with van der Waals surface area (Å²) in [4.78, 5) is 0. The standard InChI is InChI=1S/C16H25NOS/c1-3-12(4-2)16(18)9-17-15-11-19-10-13-7-5-6-8-14(13)15/h5-8,12,15-18H,3-4,9-11H2,1-2H3. The summed E-state index contributed by atoms with van der Waals surface area (Å²) in [6, 6.07) is 9.05. The molecule has 2 atom stereocenters. The van der Waals surface area contributed by atoms with Crippen molar-refractivity contribution in [3.63, 3.8) is 0 Å². The van der Waals surface area contributed by atoms with Gasteiger partial charge in [0.15, 0.2) is 0 Å². The Balaban J connectivity index is 1.94. The molecule has 0 spiro atoms. The number of thioether (sulfide) groups is 1. The Morgan fingerprint density at radius 2 is 2.05 bits per heavy atom. The zero-order valence-electron chi connectivity index (χ0n) is 11.9. The van der Waals surface area contributed by atoms with E-state index in [0.29, 0.717) is 18.5 Å². The van der Waals surface area contributed by atoms with Gasteiger partial charge in [-0.1, -0.05) is 51.0 Å². The Bertz CT molecular complexity index is 392. The van der Waals surface area contributed by atoms with Crippen LogP contribution in [0.15, 0.2) is 24.3 Å². The molecule has 1 aromatic rings. The van der Waals surface area contributed by atoms with Crippen LogP contribution in [0.1, 0.15) is 43.9 Å². The molecule has 2 rings (SSSR count). The fourth-order valence-corrected chi connectivity index (χ4v) is 3.95. The van der Waals surface area contributed by atoms with Crippen LogP contribution in [-0.4, -0.2) is 23.5 Å². The lowest BCUT2D eigenvalue weighted by Gasteiger charge is -2.28. The predicted molar refractivity (Wildman–Crippen MR) is 83.4 cm³/mol. The smallest absolute Gasteiger partial charge is 0.0692 e. The molecule has 3 heteroatoms. The molecule has 0 aliphatic carbocycles. The third-order valence-corrected chi connectivity index (χ3v) is 5.22. The van der Waals surface area contributed by atoms with Crippen molar-refractivity contribution < 1.29 is 5.11 Å². The van der Waals surface area contributed by atoms with E-state index in [1.165, 1.54) is 11.1 Å². The molecule has 1 aliphatic rings. The molecular formula is C16H25NOS. The van der Waals surface area contributed by atoms with E-state index >= 15 is 0 Å². The second-order valence-corrected chi connectivity index (χ2v) is 6.35. The van der Waals surface area contributed by atoms with Gasteiger partial charge in [-0.05, 0) is 17.0 Å². The highest BCUT2D eigenvalue weighted by atomic mass is 32.2. The Labute approximate surface area is 121 Å². The number of hydrogen-bond donors (Lipinski definition) is 2. The van der Waals surface area contributed by atoms with E-state index in [2.05, 4.69) is 43.4 Å². The molecule has 106 valence electrons. The van der Waals surface area contributed by atoms with Crippen LogP contribution in [0.5, 0.6) is 0 Å². The van der Waals surface area contributed by atoms with Gasteiger partial charge in [-0.2, -0.15) is 11.8 Å². The van der Waals surface area contributed by atoms with Crippen molar-refractivity contribution in [3.8, 4) is 0 Å². The van der Waals surface area contributed by atoms with E-state index < -0.39 is 0 Å². The van der Waals surface area contributed by atoms with Gasteiger partial charge < -0.3 is 10.4 Å². The summed E-state index contributed by atoms with van der Waals surface area (Å²) in [6.07, 6.45) is 1.87. The Kier molecular flexibility index (Phi) is 5.74. The molecule has 2 N–H and O–H groups in total. The highest BCUT2D eigenvalue weighted by Crippen LogP contribution is 2.31. The van der Waals surface area contributed by atoms with Crippen molar-refractivity contribution in [2.24, 2.45) is 5.92 Å². The van der Waals surface area contributed by atoms with Gasteiger partial charge in [0.1, 0.15) is 0 Å². The molecule has 0 saturated heterocycles. The number of benzene rings is 1. The van der Waals surface area contributed by atoms with Gasteiger partial charge in [-0.15, -0.1) is 0 Å². The van der Waals surface area contributed by atoms with Crippen molar-refractivity contribution >= 4 is 11.8 Å². The molecule has 2 nitrogen and oxygen atoms in total. The van der Waals surface area contributed by atoms with E-state index in [1.807, 2.05) is 11.8 Å². The van der Waals surface area contributed by atoms with Crippen molar-refractivity contribution in [1.29, 1.82) is 0 Å². The zero-order chi connectivity index (χ0) is 13.7. The van der Waals surface area contributed by atoms with Crippen molar-refractivity contribution in [2.45, 2.75) is 44.6 Å². The normalized spacial score (nSPS) is 20.3. The average molecular weight is 279 g/mol. The van der Waals surface area contributed by atoms with Gasteiger partial charge >= 0.3 is 0 Å². The zero-order valence-corrected chi connectivity index (χ0v) is 12.7. The summed E-state index contributed by atoms with van der Waals surface area (Å²) in [7, 11) is 0. The lowest BCUT2D eigenvalue weighted by Crippen LogP contribution is -2.36. The number of aliphatic hydroxyl groups is 1. The molecule has 0 bridgehead atoms. The first-order valence-corrected chi connectivity index (χ1v) is 8.48. The molecule has 0 radical (unpaired) electrons. The van der Waals surface area contributed by atoms with Crippen molar-refractivity contribution in [2.75, 3.05) is 12.3 Å². The minimum absolute atomic E-state index is 0.228. The van der Waals surface area contributed by atoms with Crippen LogP contribution in [0.2, 0.25) is 0 Å². The topological polar surface area (TPSA) is 32.3 Å². The van der Waals surface area contributed by atoms with E-state index in [9.17, 15) is 5.11 Å². The number of aliphatic hydroxyl groups excluding tert-OH is 1.